The van der Waals surface area contributed by atoms with Gasteiger partial charge in [0.25, 0.3) is 0 Å². The highest BCUT2D eigenvalue weighted by Crippen LogP contribution is 2.04. The molecule has 0 saturated carbocycles. The lowest BCUT2D eigenvalue weighted by Gasteiger charge is -2.03. The zero-order chi connectivity index (χ0) is 10.4. The SMILES string of the molecule is NC(=O)OCCOc1ncc(I)cn1. The van der Waals surface area contributed by atoms with Crippen molar-refractivity contribution in [3.05, 3.63) is 16.0 Å². The van der Waals surface area contributed by atoms with E-state index in [-0.39, 0.29) is 19.2 Å². The van der Waals surface area contributed by atoms with Crippen LogP contribution in [-0.4, -0.2) is 29.3 Å². The molecule has 1 rings (SSSR count). The molecule has 1 heterocycles. The van der Waals surface area contributed by atoms with Gasteiger partial charge in [-0.3, -0.25) is 0 Å². The van der Waals surface area contributed by atoms with Gasteiger partial charge in [-0.2, -0.15) is 0 Å². The summed E-state index contributed by atoms with van der Waals surface area (Å²) in [6, 6.07) is 0.249. The summed E-state index contributed by atoms with van der Waals surface area (Å²) < 4.78 is 10.4. The van der Waals surface area contributed by atoms with Crippen LogP contribution < -0.4 is 10.5 Å². The van der Waals surface area contributed by atoms with Gasteiger partial charge in [-0.25, -0.2) is 14.8 Å². The fourth-order valence-corrected chi connectivity index (χ4v) is 0.929. The average Bonchev–Trinajstić information content (AvgIpc) is 2.15. The first-order valence-corrected chi connectivity index (χ1v) is 4.79. The lowest BCUT2D eigenvalue weighted by Crippen LogP contribution is -2.17. The zero-order valence-electron chi connectivity index (χ0n) is 7.14. The fourth-order valence-electron chi connectivity index (χ4n) is 0.650. The van der Waals surface area contributed by atoms with Crippen LogP contribution in [-0.2, 0) is 4.74 Å². The number of nitrogens with zero attached hydrogens (tertiary/aromatic N) is 2. The molecule has 0 saturated heterocycles. The van der Waals surface area contributed by atoms with E-state index in [4.69, 9.17) is 10.5 Å². The monoisotopic (exact) mass is 309 g/mol. The van der Waals surface area contributed by atoms with Gasteiger partial charge >= 0.3 is 12.1 Å². The van der Waals surface area contributed by atoms with Gasteiger partial charge in [-0.05, 0) is 22.6 Å². The Kier molecular flexibility index (Phi) is 4.36. The number of hydrogen-bond acceptors (Lipinski definition) is 5. The van der Waals surface area contributed by atoms with Gasteiger partial charge in [-0.1, -0.05) is 0 Å². The summed E-state index contributed by atoms with van der Waals surface area (Å²) in [6.45, 7) is 0.272. The summed E-state index contributed by atoms with van der Waals surface area (Å²) in [6.07, 6.45) is 2.42. The predicted octanol–water partition coefficient (Wildman–Crippen LogP) is 0.555. The van der Waals surface area contributed by atoms with Crippen LogP contribution in [0.5, 0.6) is 6.01 Å². The number of aromatic nitrogens is 2. The molecule has 0 aliphatic heterocycles. The summed E-state index contributed by atoms with van der Waals surface area (Å²) in [4.78, 5) is 17.9. The van der Waals surface area contributed by atoms with E-state index in [1.54, 1.807) is 12.4 Å². The first-order valence-electron chi connectivity index (χ1n) is 3.71. The molecule has 0 radical (unpaired) electrons. The standard InChI is InChI=1S/C7H8IN3O3/c8-5-3-10-7(11-4-5)14-2-1-13-6(9)12/h3-4H,1-2H2,(H2,9,12). The van der Waals surface area contributed by atoms with Crippen LogP contribution in [0, 0.1) is 3.57 Å². The normalized spacial score (nSPS) is 9.50. The van der Waals surface area contributed by atoms with Crippen molar-refractivity contribution in [1.82, 2.24) is 9.97 Å². The lowest BCUT2D eigenvalue weighted by atomic mass is 10.7. The molecule has 0 atom stereocenters. The van der Waals surface area contributed by atoms with Crippen molar-refractivity contribution >= 4 is 28.7 Å². The van der Waals surface area contributed by atoms with Crippen molar-refractivity contribution in [3.63, 3.8) is 0 Å². The van der Waals surface area contributed by atoms with Gasteiger partial charge in [0, 0.05) is 16.0 Å². The van der Waals surface area contributed by atoms with Crippen LogP contribution in [0.15, 0.2) is 12.4 Å². The number of primary amides is 1. The Bertz CT molecular complexity index is 304. The van der Waals surface area contributed by atoms with E-state index in [0.29, 0.717) is 0 Å². The third kappa shape index (κ3) is 4.21. The molecule has 7 heteroatoms. The van der Waals surface area contributed by atoms with Gasteiger partial charge in [0.1, 0.15) is 13.2 Å². The first kappa shape index (κ1) is 11.0. The van der Waals surface area contributed by atoms with E-state index < -0.39 is 6.09 Å². The van der Waals surface area contributed by atoms with Crippen molar-refractivity contribution < 1.29 is 14.3 Å². The molecule has 76 valence electrons. The number of halogens is 1. The van der Waals surface area contributed by atoms with Gasteiger partial charge < -0.3 is 15.2 Å². The Morgan fingerprint density at radius 1 is 1.43 bits per heavy atom. The van der Waals surface area contributed by atoms with Crippen LogP contribution >= 0.6 is 22.6 Å². The smallest absolute Gasteiger partial charge is 0.404 e. The van der Waals surface area contributed by atoms with Gasteiger partial charge in [0.15, 0.2) is 0 Å². The van der Waals surface area contributed by atoms with Crippen molar-refractivity contribution in [3.8, 4) is 6.01 Å². The van der Waals surface area contributed by atoms with E-state index in [1.165, 1.54) is 0 Å². The number of carbonyl (C=O) groups excluding carboxylic acids is 1. The van der Waals surface area contributed by atoms with Crippen molar-refractivity contribution in [1.29, 1.82) is 0 Å². The molecule has 0 spiro atoms. The van der Waals surface area contributed by atoms with Gasteiger partial charge in [0.05, 0.1) is 0 Å². The molecule has 0 fully saturated rings. The van der Waals surface area contributed by atoms with Crippen LogP contribution in [0.2, 0.25) is 0 Å². The summed E-state index contributed by atoms with van der Waals surface area (Å²) in [5.74, 6) is 0. The minimum atomic E-state index is -0.822. The Hall–Kier alpha value is -1.12. The maximum atomic E-state index is 10.2. The lowest BCUT2D eigenvalue weighted by molar-refractivity contribution is 0.130. The molecule has 1 aromatic heterocycles. The second-order valence-corrected chi connectivity index (χ2v) is 3.45. The topological polar surface area (TPSA) is 87.3 Å². The largest absolute Gasteiger partial charge is 0.460 e. The minimum absolute atomic E-state index is 0.0880. The summed E-state index contributed by atoms with van der Waals surface area (Å²) in [5, 5.41) is 0. The molecule has 0 aliphatic rings. The van der Waals surface area contributed by atoms with E-state index in [0.717, 1.165) is 3.57 Å². The fraction of sp³-hybridized carbons (Fsp3) is 0.286. The highest BCUT2D eigenvalue weighted by atomic mass is 127. The predicted molar refractivity (Wildman–Crippen MR) is 55.8 cm³/mol. The molecule has 1 amide bonds. The Morgan fingerprint density at radius 3 is 2.64 bits per heavy atom. The third-order valence-electron chi connectivity index (χ3n) is 1.16. The Morgan fingerprint density at radius 2 is 2.07 bits per heavy atom. The number of nitrogens with two attached hydrogens (primary N) is 1. The van der Waals surface area contributed by atoms with Crippen molar-refractivity contribution in [2.45, 2.75) is 0 Å². The maximum Gasteiger partial charge on any atom is 0.404 e. The molecule has 0 unspecified atom stereocenters. The number of rotatable bonds is 4. The molecule has 1 aromatic rings. The van der Waals surface area contributed by atoms with Crippen LogP contribution in [0.25, 0.3) is 0 Å². The number of hydrogen-bond donors (Lipinski definition) is 1. The van der Waals surface area contributed by atoms with Crippen LogP contribution in [0.1, 0.15) is 0 Å². The highest BCUT2D eigenvalue weighted by molar-refractivity contribution is 14.1. The maximum absolute atomic E-state index is 10.2. The Labute approximate surface area is 94.0 Å². The minimum Gasteiger partial charge on any atom is -0.460 e. The molecule has 6 nitrogen and oxygen atoms in total. The van der Waals surface area contributed by atoms with Crippen LogP contribution in [0.4, 0.5) is 4.79 Å². The van der Waals surface area contributed by atoms with E-state index in [9.17, 15) is 4.79 Å². The summed E-state index contributed by atoms with van der Waals surface area (Å²) >= 11 is 2.08. The third-order valence-corrected chi connectivity index (χ3v) is 1.71. The number of amides is 1. The molecular weight excluding hydrogens is 301 g/mol. The van der Waals surface area contributed by atoms with E-state index in [2.05, 4.69) is 37.3 Å². The quantitative estimate of drug-likeness (QED) is 0.648. The summed E-state index contributed by atoms with van der Waals surface area (Å²) in [7, 11) is 0. The molecule has 0 aromatic carbocycles. The Balaban J connectivity index is 2.25. The average molecular weight is 309 g/mol. The molecule has 2 N–H and O–H groups in total. The first-order chi connectivity index (χ1) is 6.68. The molecular formula is C7H8IN3O3. The van der Waals surface area contributed by atoms with Crippen molar-refractivity contribution in [2.24, 2.45) is 5.73 Å². The van der Waals surface area contributed by atoms with Gasteiger partial charge in [0.2, 0.25) is 0 Å². The number of ether oxygens (including phenoxy) is 2. The van der Waals surface area contributed by atoms with Gasteiger partial charge in [-0.15, -0.1) is 0 Å². The van der Waals surface area contributed by atoms with Crippen LogP contribution in [0.3, 0.4) is 0 Å². The zero-order valence-corrected chi connectivity index (χ0v) is 9.30. The van der Waals surface area contributed by atoms with Crippen molar-refractivity contribution in [2.75, 3.05) is 13.2 Å². The summed E-state index contributed by atoms with van der Waals surface area (Å²) in [5.41, 5.74) is 4.74. The van der Waals surface area contributed by atoms with E-state index >= 15 is 0 Å². The molecule has 0 bridgehead atoms. The second-order valence-electron chi connectivity index (χ2n) is 2.20. The second kappa shape index (κ2) is 5.58. The molecule has 14 heavy (non-hydrogen) atoms. The van der Waals surface area contributed by atoms with E-state index in [1.807, 2.05) is 0 Å². The highest BCUT2D eigenvalue weighted by Gasteiger charge is 1.98. The molecule has 0 aliphatic carbocycles. The number of carbonyl (C=O) groups is 1.